The van der Waals surface area contributed by atoms with Gasteiger partial charge in [-0.05, 0) is 32.7 Å². The van der Waals surface area contributed by atoms with E-state index < -0.39 is 0 Å². The maximum Gasteiger partial charge on any atom is 0.243 e. The van der Waals surface area contributed by atoms with Crippen LogP contribution < -0.4 is 5.32 Å². The molecule has 1 N–H and O–H groups in total. The maximum atomic E-state index is 5.60. The normalized spacial score (nSPS) is 20.8. The number of rotatable bonds is 5. The molecule has 0 spiro atoms. The number of ether oxygens (including phenoxy) is 1. The molecule has 0 saturated heterocycles. The minimum atomic E-state index is -0.0214. The molecule has 0 amide bonds. The van der Waals surface area contributed by atoms with Crippen LogP contribution in [0.2, 0.25) is 0 Å². The molecule has 0 bridgehead atoms. The van der Waals surface area contributed by atoms with E-state index in [0.29, 0.717) is 17.6 Å². The summed E-state index contributed by atoms with van der Waals surface area (Å²) in [7, 11) is 3.61. The topological polar surface area (TPSA) is 60.2 Å². The van der Waals surface area contributed by atoms with E-state index in [-0.39, 0.29) is 12.1 Å². The summed E-state index contributed by atoms with van der Waals surface area (Å²) >= 11 is 0. The van der Waals surface area contributed by atoms with Crippen LogP contribution in [0.1, 0.15) is 62.9 Å². The predicted octanol–water partition coefficient (Wildman–Crippen LogP) is 2.62. The predicted molar refractivity (Wildman–Crippen MR) is 68.1 cm³/mol. The highest BCUT2D eigenvalue weighted by atomic mass is 16.5. The number of hydrogen-bond donors (Lipinski definition) is 1. The van der Waals surface area contributed by atoms with Gasteiger partial charge in [-0.3, -0.25) is 0 Å². The standard InChI is InChI=1S/C13H23N3O2/c1-9(14-2)13-15-12(16-18-13)11(17-3)10-7-5-4-6-8-10/h9-11,14H,4-8H2,1-3H3. The lowest BCUT2D eigenvalue weighted by atomic mass is 9.85. The van der Waals surface area contributed by atoms with Gasteiger partial charge < -0.3 is 14.6 Å². The smallest absolute Gasteiger partial charge is 0.243 e. The molecule has 1 aromatic heterocycles. The van der Waals surface area contributed by atoms with E-state index in [4.69, 9.17) is 9.26 Å². The summed E-state index contributed by atoms with van der Waals surface area (Å²) in [5.74, 6) is 1.85. The van der Waals surface area contributed by atoms with Gasteiger partial charge in [0.15, 0.2) is 0 Å². The van der Waals surface area contributed by atoms with Crippen molar-refractivity contribution in [2.45, 2.75) is 51.2 Å². The molecule has 5 nitrogen and oxygen atoms in total. The van der Waals surface area contributed by atoms with E-state index in [1.165, 1.54) is 32.1 Å². The third-order valence-corrected chi connectivity index (χ3v) is 3.85. The van der Waals surface area contributed by atoms with Gasteiger partial charge in [0, 0.05) is 7.11 Å². The first kappa shape index (κ1) is 13.5. The van der Waals surface area contributed by atoms with Crippen LogP contribution in [0.25, 0.3) is 0 Å². The van der Waals surface area contributed by atoms with Crippen molar-refractivity contribution >= 4 is 0 Å². The summed E-state index contributed by atoms with van der Waals surface area (Å²) in [6.07, 6.45) is 6.27. The van der Waals surface area contributed by atoms with Crippen molar-refractivity contribution in [2.75, 3.05) is 14.2 Å². The Morgan fingerprint density at radius 2 is 2.06 bits per heavy atom. The molecule has 2 unspecified atom stereocenters. The third-order valence-electron chi connectivity index (χ3n) is 3.85. The second-order valence-electron chi connectivity index (χ2n) is 5.06. The number of methoxy groups -OCH3 is 1. The van der Waals surface area contributed by atoms with Crippen LogP contribution in [0, 0.1) is 5.92 Å². The number of nitrogens with one attached hydrogen (secondary N) is 1. The monoisotopic (exact) mass is 253 g/mol. The van der Waals surface area contributed by atoms with Crippen LogP contribution in [0.4, 0.5) is 0 Å². The Bertz CT molecular complexity index is 361. The first-order chi connectivity index (χ1) is 8.76. The van der Waals surface area contributed by atoms with E-state index in [1.54, 1.807) is 7.11 Å². The Balaban J connectivity index is 2.09. The van der Waals surface area contributed by atoms with Crippen molar-refractivity contribution in [3.8, 4) is 0 Å². The fourth-order valence-corrected chi connectivity index (χ4v) is 2.61. The van der Waals surface area contributed by atoms with Gasteiger partial charge in [-0.25, -0.2) is 0 Å². The zero-order chi connectivity index (χ0) is 13.0. The average Bonchev–Trinajstić information content (AvgIpc) is 2.89. The van der Waals surface area contributed by atoms with Crippen molar-refractivity contribution in [3.63, 3.8) is 0 Å². The molecular formula is C13H23N3O2. The van der Waals surface area contributed by atoms with E-state index in [1.807, 2.05) is 14.0 Å². The lowest BCUT2D eigenvalue weighted by Crippen LogP contribution is -2.19. The van der Waals surface area contributed by atoms with Crippen LogP contribution in [0.5, 0.6) is 0 Å². The number of hydrogen-bond acceptors (Lipinski definition) is 5. The molecule has 1 saturated carbocycles. The van der Waals surface area contributed by atoms with E-state index in [9.17, 15) is 0 Å². The highest BCUT2D eigenvalue weighted by molar-refractivity contribution is 4.97. The zero-order valence-corrected chi connectivity index (χ0v) is 11.5. The number of aromatic nitrogens is 2. The summed E-state index contributed by atoms with van der Waals surface area (Å²) in [5, 5.41) is 7.17. The van der Waals surface area contributed by atoms with Gasteiger partial charge in [0.05, 0.1) is 6.04 Å². The van der Waals surface area contributed by atoms with Gasteiger partial charge in [0.25, 0.3) is 0 Å². The molecule has 0 aromatic carbocycles. The highest BCUT2D eigenvalue weighted by Gasteiger charge is 2.29. The Hall–Kier alpha value is -0.940. The zero-order valence-electron chi connectivity index (χ0n) is 11.5. The summed E-state index contributed by atoms with van der Waals surface area (Å²) in [6.45, 7) is 2.00. The van der Waals surface area contributed by atoms with Crippen LogP contribution >= 0.6 is 0 Å². The fourth-order valence-electron chi connectivity index (χ4n) is 2.61. The van der Waals surface area contributed by atoms with E-state index in [0.717, 1.165) is 0 Å². The molecule has 1 heterocycles. The summed E-state index contributed by atoms with van der Waals surface area (Å²) in [4.78, 5) is 4.46. The second-order valence-corrected chi connectivity index (χ2v) is 5.06. The van der Waals surface area contributed by atoms with Gasteiger partial charge in [0.2, 0.25) is 11.7 Å². The lowest BCUT2D eigenvalue weighted by Gasteiger charge is -2.26. The molecule has 1 fully saturated rings. The largest absolute Gasteiger partial charge is 0.373 e. The molecule has 18 heavy (non-hydrogen) atoms. The van der Waals surface area contributed by atoms with Crippen molar-refractivity contribution in [2.24, 2.45) is 5.92 Å². The minimum Gasteiger partial charge on any atom is -0.373 e. The van der Waals surface area contributed by atoms with Crippen LogP contribution in [-0.4, -0.2) is 24.3 Å². The highest BCUT2D eigenvalue weighted by Crippen LogP contribution is 2.35. The molecule has 1 aromatic rings. The Morgan fingerprint density at radius 1 is 1.33 bits per heavy atom. The lowest BCUT2D eigenvalue weighted by molar-refractivity contribution is 0.0273. The fraction of sp³-hybridized carbons (Fsp3) is 0.846. The van der Waals surface area contributed by atoms with Crippen molar-refractivity contribution in [1.29, 1.82) is 0 Å². The van der Waals surface area contributed by atoms with Crippen molar-refractivity contribution < 1.29 is 9.26 Å². The Morgan fingerprint density at radius 3 is 2.67 bits per heavy atom. The van der Waals surface area contributed by atoms with Crippen molar-refractivity contribution in [1.82, 2.24) is 15.5 Å². The maximum absolute atomic E-state index is 5.60. The van der Waals surface area contributed by atoms with Gasteiger partial charge in [-0.2, -0.15) is 4.98 Å². The molecule has 5 heteroatoms. The summed E-state index contributed by atoms with van der Waals surface area (Å²) in [5.41, 5.74) is 0. The van der Waals surface area contributed by atoms with Gasteiger partial charge in [-0.15, -0.1) is 0 Å². The summed E-state index contributed by atoms with van der Waals surface area (Å²) in [6, 6.07) is 0.0788. The third kappa shape index (κ3) is 2.90. The molecule has 2 atom stereocenters. The summed E-state index contributed by atoms with van der Waals surface area (Å²) < 4.78 is 10.9. The second kappa shape index (κ2) is 6.29. The first-order valence-corrected chi connectivity index (χ1v) is 6.79. The molecule has 1 aliphatic carbocycles. The van der Waals surface area contributed by atoms with Crippen LogP contribution in [0.15, 0.2) is 4.52 Å². The minimum absolute atomic E-state index is 0.0214. The molecular weight excluding hydrogens is 230 g/mol. The van der Waals surface area contributed by atoms with Gasteiger partial charge in [-0.1, -0.05) is 24.4 Å². The molecule has 102 valence electrons. The van der Waals surface area contributed by atoms with E-state index in [2.05, 4.69) is 15.5 Å². The van der Waals surface area contributed by atoms with Gasteiger partial charge in [0.1, 0.15) is 6.10 Å². The quantitative estimate of drug-likeness (QED) is 0.874. The molecule has 0 radical (unpaired) electrons. The van der Waals surface area contributed by atoms with Crippen molar-refractivity contribution in [3.05, 3.63) is 11.7 Å². The Kier molecular flexibility index (Phi) is 4.72. The SMILES string of the molecule is CNC(C)c1nc(C(OC)C2CCCCC2)no1. The average molecular weight is 253 g/mol. The van der Waals surface area contributed by atoms with Crippen LogP contribution in [0.3, 0.4) is 0 Å². The first-order valence-electron chi connectivity index (χ1n) is 6.79. The molecule has 0 aliphatic heterocycles. The number of nitrogens with zero attached hydrogens (tertiary/aromatic N) is 2. The molecule has 2 rings (SSSR count). The Labute approximate surface area is 108 Å². The van der Waals surface area contributed by atoms with Gasteiger partial charge >= 0.3 is 0 Å². The molecule has 1 aliphatic rings. The van der Waals surface area contributed by atoms with E-state index >= 15 is 0 Å². The van der Waals surface area contributed by atoms with Crippen LogP contribution in [-0.2, 0) is 4.74 Å².